The Labute approximate surface area is 161 Å². The van der Waals surface area contributed by atoms with Gasteiger partial charge in [0.15, 0.2) is 0 Å². The maximum atomic E-state index is 12.7. The fourth-order valence-electron chi connectivity index (χ4n) is 3.47. The Kier molecular flexibility index (Phi) is 6.58. The molecular weight excluding hydrogens is 338 g/mol. The second kappa shape index (κ2) is 9.31. The van der Waals surface area contributed by atoms with Gasteiger partial charge in [0.2, 0.25) is 0 Å². The molecule has 0 unspecified atom stereocenters. The Morgan fingerprint density at radius 1 is 1.11 bits per heavy atom. The molecule has 0 bridgehead atoms. The standard InChI is InChI=1S/C22H29N3O2/c1-3-24(17-18-9-11-21(27-2)12-10-18)22(26)23-19-13-15-25(16-14-19)20-7-5-4-6-8-20/h4-12,19H,3,13-17H2,1-2H3,(H,23,26). The molecule has 1 saturated heterocycles. The summed E-state index contributed by atoms with van der Waals surface area (Å²) >= 11 is 0. The van der Waals surface area contributed by atoms with Gasteiger partial charge in [0.25, 0.3) is 0 Å². The maximum absolute atomic E-state index is 12.7. The van der Waals surface area contributed by atoms with Crippen molar-refractivity contribution >= 4 is 11.7 Å². The third-order valence-corrected chi connectivity index (χ3v) is 5.15. The van der Waals surface area contributed by atoms with Crippen LogP contribution in [0.4, 0.5) is 10.5 Å². The number of carbonyl (C=O) groups is 1. The van der Waals surface area contributed by atoms with Crippen LogP contribution in [0.1, 0.15) is 25.3 Å². The van der Waals surface area contributed by atoms with E-state index < -0.39 is 0 Å². The zero-order valence-corrected chi connectivity index (χ0v) is 16.2. The van der Waals surface area contributed by atoms with E-state index in [0.717, 1.165) is 37.2 Å². The largest absolute Gasteiger partial charge is 0.497 e. The molecule has 0 aromatic heterocycles. The van der Waals surface area contributed by atoms with Gasteiger partial charge in [-0.3, -0.25) is 0 Å². The second-order valence-electron chi connectivity index (χ2n) is 6.91. The van der Waals surface area contributed by atoms with Crippen molar-refractivity contribution in [1.29, 1.82) is 0 Å². The minimum atomic E-state index is 0.0199. The molecule has 2 aromatic rings. The molecule has 0 saturated carbocycles. The van der Waals surface area contributed by atoms with Crippen LogP contribution in [-0.2, 0) is 6.54 Å². The number of piperidine rings is 1. The molecule has 0 spiro atoms. The third-order valence-electron chi connectivity index (χ3n) is 5.15. The van der Waals surface area contributed by atoms with Crippen LogP contribution in [0.5, 0.6) is 5.75 Å². The number of nitrogens with zero attached hydrogens (tertiary/aromatic N) is 2. The minimum absolute atomic E-state index is 0.0199. The highest BCUT2D eigenvalue weighted by Crippen LogP contribution is 2.20. The highest BCUT2D eigenvalue weighted by molar-refractivity contribution is 5.74. The SMILES string of the molecule is CCN(Cc1ccc(OC)cc1)C(=O)NC1CCN(c2ccccc2)CC1. The van der Waals surface area contributed by atoms with E-state index in [1.807, 2.05) is 42.2 Å². The van der Waals surface area contributed by atoms with Crippen molar-refractivity contribution in [2.45, 2.75) is 32.4 Å². The number of rotatable bonds is 6. The van der Waals surface area contributed by atoms with Gasteiger partial charge in [0.05, 0.1) is 7.11 Å². The molecule has 144 valence electrons. The molecule has 5 heteroatoms. The Hall–Kier alpha value is -2.69. The van der Waals surface area contributed by atoms with Gasteiger partial charge in [-0.15, -0.1) is 0 Å². The van der Waals surface area contributed by atoms with Gasteiger partial charge in [-0.25, -0.2) is 4.79 Å². The zero-order chi connectivity index (χ0) is 19.1. The highest BCUT2D eigenvalue weighted by Gasteiger charge is 2.22. The van der Waals surface area contributed by atoms with E-state index in [9.17, 15) is 4.79 Å². The third kappa shape index (κ3) is 5.16. The van der Waals surface area contributed by atoms with Crippen molar-refractivity contribution in [3.8, 4) is 5.75 Å². The van der Waals surface area contributed by atoms with Crippen LogP contribution < -0.4 is 15.0 Å². The summed E-state index contributed by atoms with van der Waals surface area (Å²) in [5, 5.41) is 3.22. The average molecular weight is 367 g/mol. The first kappa shape index (κ1) is 19.1. The van der Waals surface area contributed by atoms with Gasteiger partial charge in [0.1, 0.15) is 5.75 Å². The van der Waals surface area contributed by atoms with Gasteiger partial charge < -0.3 is 19.9 Å². The van der Waals surface area contributed by atoms with Crippen molar-refractivity contribution in [3.63, 3.8) is 0 Å². The predicted molar refractivity (Wildman–Crippen MR) is 109 cm³/mol. The van der Waals surface area contributed by atoms with Crippen LogP contribution in [0.3, 0.4) is 0 Å². The summed E-state index contributed by atoms with van der Waals surface area (Å²) in [6.45, 7) is 5.25. The normalized spacial score (nSPS) is 14.7. The van der Waals surface area contributed by atoms with E-state index in [0.29, 0.717) is 13.1 Å². The Morgan fingerprint density at radius 3 is 2.37 bits per heavy atom. The molecule has 1 aliphatic rings. The van der Waals surface area contributed by atoms with Crippen molar-refractivity contribution in [3.05, 3.63) is 60.2 Å². The number of carbonyl (C=O) groups excluding carboxylic acids is 1. The molecule has 0 aliphatic carbocycles. The van der Waals surface area contributed by atoms with E-state index >= 15 is 0 Å². The second-order valence-corrected chi connectivity index (χ2v) is 6.91. The number of hydrogen-bond donors (Lipinski definition) is 1. The molecule has 1 heterocycles. The smallest absolute Gasteiger partial charge is 0.317 e. The minimum Gasteiger partial charge on any atom is -0.497 e. The first-order chi connectivity index (χ1) is 13.2. The van der Waals surface area contributed by atoms with Crippen LogP contribution in [0.25, 0.3) is 0 Å². The number of ether oxygens (including phenoxy) is 1. The van der Waals surface area contributed by atoms with Crippen molar-refractivity contribution < 1.29 is 9.53 Å². The topological polar surface area (TPSA) is 44.8 Å². The molecule has 2 aromatic carbocycles. The fourth-order valence-corrected chi connectivity index (χ4v) is 3.47. The number of hydrogen-bond acceptors (Lipinski definition) is 3. The molecular formula is C22H29N3O2. The quantitative estimate of drug-likeness (QED) is 0.842. The van der Waals surface area contributed by atoms with Crippen molar-refractivity contribution in [1.82, 2.24) is 10.2 Å². The molecule has 0 radical (unpaired) electrons. The lowest BCUT2D eigenvalue weighted by Gasteiger charge is -2.35. The molecule has 0 atom stereocenters. The summed E-state index contributed by atoms with van der Waals surface area (Å²) < 4.78 is 5.19. The predicted octanol–water partition coefficient (Wildman–Crippen LogP) is 3.90. The Balaban J connectivity index is 1.50. The Morgan fingerprint density at radius 2 is 1.78 bits per heavy atom. The van der Waals surface area contributed by atoms with Crippen molar-refractivity contribution in [2.24, 2.45) is 0 Å². The number of urea groups is 1. The van der Waals surface area contributed by atoms with E-state index in [2.05, 4.69) is 34.5 Å². The van der Waals surface area contributed by atoms with E-state index in [4.69, 9.17) is 4.74 Å². The maximum Gasteiger partial charge on any atom is 0.317 e. The summed E-state index contributed by atoms with van der Waals surface area (Å²) in [6.07, 6.45) is 1.95. The molecule has 5 nitrogen and oxygen atoms in total. The monoisotopic (exact) mass is 367 g/mol. The van der Waals surface area contributed by atoms with Gasteiger partial charge in [-0.05, 0) is 49.6 Å². The van der Waals surface area contributed by atoms with Crippen LogP contribution in [-0.4, -0.2) is 43.7 Å². The lowest BCUT2D eigenvalue weighted by molar-refractivity contribution is 0.191. The van der Waals surface area contributed by atoms with Gasteiger partial charge in [-0.2, -0.15) is 0 Å². The molecule has 2 amide bonds. The van der Waals surface area contributed by atoms with Crippen LogP contribution in [0.15, 0.2) is 54.6 Å². The first-order valence-electron chi connectivity index (χ1n) is 9.68. The molecule has 3 rings (SSSR count). The number of benzene rings is 2. The molecule has 1 N–H and O–H groups in total. The Bertz CT molecular complexity index is 710. The van der Waals surface area contributed by atoms with Gasteiger partial charge in [-0.1, -0.05) is 30.3 Å². The number of methoxy groups -OCH3 is 1. The number of para-hydroxylation sites is 1. The first-order valence-corrected chi connectivity index (χ1v) is 9.68. The molecule has 1 fully saturated rings. The van der Waals surface area contributed by atoms with E-state index in [1.54, 1.807) is 7.11 Å². The zero-order valence-electron chi connectivity index (χ0n) is 16.2. The number of amides is 2. The number of nitrogens with one attached hydrogen (secondary N) is 1. The summed E-state index contributed by atoms with van der Waals surface area (Å²) in [7, 11) is 1.66. The van der Waals surface area contributed by atoms with Crippen LogP contribution in [0.2, 0.25) is 0 Å². The van der Waals surface area contributed by atoms with Gasteiger partial charge in [0, 0.05) is 37.9 Å². The summed E-state index contributed by atoms with van der Waals surface area (Å²) in [4.78, 5) is 16.9. The van der Waals surface area contributed by atoms with Crippen molar-refractivity contribution in [2.75, 3.05) is 31.6 Å². The average Bonchev–Trinajstić information content (AvgIpc) is 2.73. The van der Waals surface area contributed by atoms with Crippen LogP contribution >= 0.6 is 0 Å². The molecule has 1 aliphatic heterocycles. The van der Waals surface area contributed by atoms with E-state index in [-0.39, 0.29) is 12.1 Å². The summed E-state index contributed by atoms with van der Waals surface area (Å²) in [5.41, 5.74) is 2.36. The van der Waals surface area contributed by atoms with Crippen LogP contribution in [0, 0.1) is 0 Å². The van der Waals surface area contributed by atoms with E-state index in [1.165, 1.54) is 5.69 Å². The highest BCUT2D eigenvalue weighted by atomic mass is 16.5. The molecule has 27 heavy (non-hydrogen) atoms. The summed E-state index contributed by atoms with van der Waals surface area (Å²) in [6, 6.07) is 18.6. The fraction of sp³-hybridized carbons (Fsp3) is 0.409. The summed E-state index contributed by atoms with van der Waals surface area (Å²) in [5.74, 6) is 0.830. The lowest BCUT2D eigenvalue weighted by Crippen LogP contribution is -2.49. The number of anilines is 1. The van der Waals surface area contributed by atoms with Gasteiger partial charge >= 0.3 is 6.03 Å². The lowest BCUT2D eigenvalue weighted by atomic mass is 10.0.